The van der Waals surface area contributed by atoms with Crippen LogP contribution in [0.25, 0.3) is 0 Å². The Bertz CT molecular complexity index is 496. The van der Waals surface area contributed by atoms with E-state index in [1.165, 1.54) is 4.90 Å². The fourth-order valence-corrected chi connectivity index (χ4v) is 3.35. The van der Waals surface area contributed by atoms with Crippen LogP contribution in [0.15, 0.2) is 0 Å². The third-order valence-corrected chi connectivity index (χ3v) is 4.58. The van der Waals surface area contributed by atoms with Crippen molar-refractivity contribution in [2.24, 2.45) is 5.73 Å². The predicted molar refractivity (Wildman–Crippen MR) is 86.5 cm³/mol. The average molecular weight is 337 g/mol. The Morgan fingerprint density at radius 3 is 2.42 bits per heavy atom. The summed E-state index contributed by atoms with van der Waals surface area (Å²) in [4.78, 5) is 50.2. The quantitative estimate of drug-likeness (QED) is 0.614. The molecule has 2 aliphatic rings. The van der Waals surface area contributed by atoms with E-state index in [1.54, 1.807) is 4.90 Å². The highest BCUT2D eigenvalue weighted by atomic mass is 16.2. The standard InChI is InChI=1S/C16H25N4O4/c17-7-5-14(22)20-10-2-4-13(20)16(24)18-8-6-15(23)19-9-1-3-12(19)11-21/h12-13H,1-10,17H2,(H,18,24)/t12-,13-/m0/s1. The Hall–Kier alpha value is -1.96. The van der Waals surface area contributed by atoms with Crippen molar-refractivity contribution in [2.45, 2.75) is 50.6 Å². The van der Waals surface area contributed by atoms with Crippen LogP contribution in [0, 0.1) is 0 Å². The van der Waals surface area contributed by atoms with Crippen LogP contribution in [0.5, 0.6) is 0 Å². The lowest BCUT2D eigenvalue weighted by Crippen LogP contribution is -2.47. The third-order valence-electron chi connectivity index (χ3n) is 4.58. The molecule has 2 heterocycles. The number of hydrogen-bond acceptors (Lipinski definition) is 5. The molecule has 1 radical (unpaired) electrons. The van der Waals surface area contributed by atoms with Gasteiger partial charge in [0.05, 0.1) is 6.04 Å². The molecule has 0 unspecified atom stereocenters. The summed E-state index contributed by atoms with van der Waals surface area (Å²) in [6.07, 6.45) is 5.14. The molecule has 3 N–H and O–H groups in total. The molecule has 8 nitrogen and oxygen atoms in total. The van der Waals surface area contributed by atoms with Gasteiger partial charge in [-0.1, -0.05) is 0 Å². The summed E-state index contributed by atoms with van der Waals surface area (Å²) in [5, 5.41) is 2.73. The zero-order chi connectivity index (χ0) is 17.5. The van der Waals surface area contributed by atoms with Gasteiger partial charge in [0.2, 0.25) is 24.0 Å². The minimum atomic E-state index is -0.470. The molecule has 8 heteroatoms. The Kier molecular flexibility index (Phi) is 6.72. The Labute approximate surface area is 141 Å². The SMILES string of the molecule is NCCC(=O)N1CCC[C@H]1C(=O)NCCC(=O)N1CCC[C@H]1[C]=O. The van der Waals surface area contributed by atoms with Gasteiger partial charge in [-0.05, 0) is 25.7 Å². The summed E-state index contributed by atoms with van der Waals surface area (Å²) >= 11 is 0. The van der Waals surface area contributed by atoms with Gasteiger partial charge in [0.1, 0.15) is 6.04 Å². The maximum absolute atomic E-state index is 12.3. The van der Waals surface area contributed by atoms with Crippen LogP contribution < -0.4 is 11.1 Å². The predicted octanol–water partition coefficient (Wildman–Crippen LogP) is -1.07. The first-order valence-electron chi connectivity index (χ1n) is 8.53. The number of carbonyl (C=O) groups excluding carboxylic acids is 4. The van der Waals surface area contributed by atoms with Crippen molar-refractivity contribution in [1.29, 1.82) is 0 Å². The average Bonchev–Trinajstić information content (AvgIpc) is 3.23. The van der Waals surface area contributed by atoms with Gasteiger partial charge < -0.3 is 20.9 Å². The van der Waals surface area contributed by atoms with Crippen molar-refractivity contribution in [2.75, 3.05) is 26.2 Å². The van der Waals surface area contributed by atoms with Crippen molar-refractivity contribution in [3.05, 3.63) is 0 Å². The van der Waals surface area contributed by atoms with Crippen LogP contribution in [0.2, 0.25) is 0 Å². The molecule has 2 aliphatic heterocycles. The lowest BCUT2D eigenvalue weighted by Gasteiger charge is -2.24. The van der Waals surface area contributed by atoms with Crippen LogP contribution >= 0.6 is 0 Å². The minimum absolute atomic E-state index is 0.104. The topological polar surface area (TPSA) is 113 Å². The summed E-state index contributed by atoms with van der Waals surface area (Å²) in [6.45, 7) is 1.61. The monoisotopic (exact) mass is 337 g/mol. The van der Waals surface area contributed by atoms with Gasteiger partial charge in [-0.15, -0.1) is 0 Å². The van der Waals surface area contributed by atoms with Crippen molar-refractivity contribution in [3.63, 3.8) is 0 Å². The van der Waals surface area contributed by atoms with Gasteiger partial charge in [0, 0.05) is 39.0 Å². The van der Waals surface area contributed by atoms with E-state index in [0.29, 0.717) is 25.9 Å². The van der Waals surface area contributed by atoms with Crippen LogP contribution in [0.1, 0.15) is 38.5 Å². The van der Waals surface area contributed by atoms with Crippen molar-refractivity contribution in [3.8, 4) is 0 Å². The van der Waals surface area contributed by atoms with E-state index in [9.17, 15) is 19.2 Å². The number of carbonyl (C=O) groups is 3. The van der Waals surface area contributed by atoms with E-state index in [0.717, 1.165) is 12.8 Å². The van der Waals surface area contributed by atoms with Crippen molar-refractivity contribution >= 4 is 24.0 Å². The molecule has 2 rings (SSSR count). The third kappa shape index (κ3) is 4.31. The number of nitrogens with one attached hydrogen (secondary N) is 1. The van der Waals surface area contributed by atoms with E-state index < -0.39 is 12.1 Å². The molecule has 0 spiro atoms. The van der Waals surface area contributed by atoms with E-state index in [1.807, 2.05) is 6.29 Å². The van der Waals surface area contributed by atoms with Gasteiger partial charge in [0.25, 0.3) is 0 Å². The largest absolute Gasteiger partial charge is 0.354 e. The van der Waals surface area contributed by atoms with E-state index in [4.69, 9.17) is 5.73 Å². The summed E-state index contributed by atoms with van der Waals surface area (Å²) in [7, 11) is 0. The molecule has 0 aliphatic carbocycles. The molecule has 0 saturated carbocycles. The molecular formula is C16H25N4O4. The highest BCUT2D eigenvalue weighted by molar-refractivity contribution is 5.88. The molecular weight excluding hydrogens is 312 g/mol. The lowest BCUT2D eigenvalue weighted by atomic mass is 10.2. The van der Waals surface area contributed by atoms with E-state index in [-0.39, 0.29) is 43.7 Å². The molecule has 2 fully saturated rings. The second-order valence-electron chi connectivity index (χ2n) is 6.19. The fourth-order valence-electron chi connectivity index (χ4n) is 3.35. The molecule has 0 aromatic carbocycles. The van der Waals surface area contributed by atoms with Crippen LogP contribution in [0.3, 0.4) is 0 Å². The van der Waals surface area contributed by atoms with E-state index in [2.05, 4.69) is 5.32 Å². The molecule has 0 aromatic rings. The molecule has 0 bridgehead atoms. The fraction of sp³-hybridized carbons (Fsp3) is 0.750. The highest BCUT2D eigenvalue weighted by Gasteiger charge is 2.33. The maximum Gasteiger partial charge on any atom is 0.242 e. The summed E-state index contributed by atoms with van der Waals surface area (Å²) in [6, 6.07) is -0.922. The highest BCUT2D eigenvalue weighted by Crippen LogP contribution is 2.19. The molecule has 3 amide bonds. The normalized spacial score (nSPS) is 23.4. The number of nitrogens with zero attached hydrogens (tertiary/aromatic N) is 2. The summed E-state index contributed by atoms with van der Waals surface area (Å²) < 4.78 is 0. The van der Waals surface area contributed by atoms with Gasteiger partial charge in [-0.3, -0.25) is 19.2 Å². The van der Waals surface area contributed by atoms with Crippen molar-refractivity contribution < 1.29 is 19.2 Å². The number of hydrogen-bond donors (Lipinski definition) is 2. The van der Waals surface area contributed by atoms with Gasteiger partial charge >= 0.3 is 0 Å². The molecule has 2 atom stereocenters. The van der Waals surface area contributed by atoms with Crippen LogP contribution in [0.4, 0.5) is 0 Å². The van der Waals surface area contributed by atoms with Gasteiger partial charge in [-0.2, -0.15) is 0 Å². The maximum atomic E-state index is 12.3. The smallest absolute Gasteiger partial charge is 0.242 e. The summed E-state index contributed by atoms with van der Waals surface area (Å²) in [5.74, 6) is -0.484. The Morgan fingerprint density at radius 2 is 1.71 bits per heavy atom. The first kappa shape index (κ1) is 18.4. The first-order valence-corrected chi connectivity index (χ1v) is 8.53. The lowest BCUT2D eigenvalue weighted by molar-refractivity contribution is -0.138. The number of amides is 3. The van der Waals surface area contributed by atoms with Crippen LogP contribution in [-0.2, 0) is 19.2 Å². The number of likely N-dealkylation sites (tertiary alicyclic amines) is 2. The number of rotatable bonds is 7. The van der Waals surface area contributed by atoms with Gasteiger partial charge in [0.15, 0.2) is 0 Å². The van der Waals surface area contributed by atoms with Gasteiger partial charge in [-0.25, -0.2) is 0 Å². The Balaban J connectivity index is 1.77. The number of nitrogens with two attached hydrogens (primary N) is 1. The second-order valence-corrected chi connectivity index (χ2v) is 6.19. The first-order chi connectivity index (χ1) is 11.6. The zero-order valence-corrected chi connectivity index (χ0v) is 13.8. The van der Waals surface area contributed by atoms with Crippen molar-refractivity contribution in [1.82, 2.24) is 15.1 Å². The summed E-state index contributed by atoms with van der Waals surface area (Å²) in [5.41, 5.74) is 5.40. The zero-order valence-electron chi connectivity index (χ0n) is 13.8. The molecule has 133 valence electrons. The molecule has 0 aromatic heterocycles. The molecule has 24 heavy (non-hydrogen) atoms. The molecule has 2 saturated heterocycles. The van der Waals surface area contributed by atoms with E-state index >= 15 is 0 Å². The van der Waals surface area contributed by atoms with Crippen LogP contribution in [-0.4, -0.2) is 72.1 Å². The minimum Gasteiger partial charge on any atom is -0.354 e. The Morgan fingerprint density at radius 1 is 1.04 bits per heavy atom. The second kappa shape index (κ2) is 8.77.